The Morgan fingerprint density at radius 2 is 0.938 bits per heavy atom. The van der Waals surface area contributed by atoms with Crippen molar-refractivity contribution in [2.24, 2.45) is 0 Å². The monoisotopic (exact) mass is 613 g/mol. The van der Waals surface area contributed by atoms with E-state index in [9.17, 15) is 0 Å². The maximum atomic E-state index is 4.37. The molecule has 0 fully saturated rings. The lowest BCUT2D eigenvalue weighted by Gasteiger charge is -2.47. The van der Waals surface area contributed by atoms with Gasteiger partial charge in [-0.1, -0.05) is 133 Å². The van der Waals surface area contributed by atoms with Crippen LogP contribution in [0.4, 0.5) is 17.1 Å². The van der Waals surface area contributed by atoms with E-state index in [4.69, 9.17) is 0 Å². The lowest BCUT2D eigenvalue weighted by atomic mass is 9.62. The van der Waals surface area contributed by atoms with Crippen LogP contribution in [-0.4, -0.2) is 9.97 Å². The molecule has 0 N–H and O–H groups in total. The first-order valence-electron chi connectivity index (χ1n) is 16.3. The van der Waals surface area contributed by atoms with E-state index in [1.54, 1.807) is 0 Å². The fourth-order valence-electron chi connectivity index (χ4n) is 7.76. The molecule has 1 aliphatic rings. The lowest BCUT2D eigenvalue weighted by Crippen LogP contribution is -2.38. The minimum absolute atomic E-state index is 0.572. The van der Waals surface area contributed by atoms with Crippen LogP contribution in [0, 0.1) is 0 Å². The maximum Gasteiger partial charge on any atom is 0.0742 e. The number of nitrogens with zero attached hydrogens (tertiary/aromatic N) is 3. The molecule has 6 aromatic carbocycles. The Morgan fingerprint density at radius 3 is 1.56 bits per heavy atom. The number of aromatic nitrogens is 2. The SMILES string of the molecule is c1ccc(C2(c3ccccc3)c3ccccc3N(c3c(-c4ccncc4)cccc3-c3ccncc3)c3c2ccc2ccccc32)cc1. The van der Waals surface area contributed by atoms with E-state index < -0.39 is 5.41 Å². The van der Waals surface area contributed by atoms with Gasteiger partial charge in [0.2, 0.25) is 0 Å². The molecule has 0 spiro atoms. The number of fused-ring (bicyclic) bond motifs is 4. The third-order valence-electron chi connectivity index (χ3n) is 9.73. The van der Waals surface area contributed by atoms with Gasteiger partial charge in [0.15, 0.2) is 0 Å². The topological polar surface area (TPSA) is 29.0 Å². The molecule has 0 aliphatic carbocycles. The molecule has 3 nitrogen and oxygen atoms in total. The van der Waals surface area contributed by atoms with Crippen LogP contribution < -0.4 is 4.90 Å². The minimum Gasteiger partial charge on any atom is -0.308 e. The third-order valence-corrected chi connectivity index (χ3v) is 9.73. The zero-order valence-corrected chi connectivity index (χ0v) is 26.2. The Kier molecular flexibility index (Phi) is 6.69. The second-order valence-electron chi connectivity index (χ2n) is 12.2. The minimum atomic E-state index is -0.572. The van der Waals surface area contributed by atoms with E-state index in [0.29, 0.717) is 0 Å². The summed E-state index contributed by atoms with van der Waals surface area (Å²) < 4.78 is 0. The second-order valence-corrected chi connectivity index (χ2v) is 12.2. The van der Waals surface area contributed by atoms with Crippen LogP contribution in [-0.2, 0) is 5.41 Å². The van der Waals surface area contributed by atoms with E-state index in [2.05, 4.69) is 179 Å². The highest BCUT2D eigenvalue weighted by atomic mass is 15.2. The van der Waals surface area contributed by atoms with Crippen LogP contribution >= 0.6 is 0 Å². The van der Waals surface area contributed by atoms with Gasteiger partial charge >= 0.3 is 0 Å². The number of benzene rings is 6. The molecule has 0 bridgehead atoms. The van der Waals surface area contributed by atoms with E-state index in [1.807, 2.05) is 24.8 Å². The molecule has 0 saturated heterocycles. The predicted molar refractivity (Wildman–Crippen MR) is 197 cm³/mol. The third kappa shape index (κ3) is 4.21. The van der Waals surface area contributed by atoms with Crippen molar-refractivity contribution in [1.29, 1.82) is 0 Å². The molecule has 0 unspecified atom stereocenters. The normalized spacial score (nSPS) is 13.1. The van der Waals surface area contributed by atoms with Crippen LogP contribution in [0.3, 0.4) is 0 Å². The van der Waals surface area contributed by atoms with E-state index in [0.717, 1.165) is 33.6 Å². The summed E-state index contributed by atoms with van der Waals surface area (Å²) >= 11 is 0. The molecule has 0 atom stereocenters. The lowest BCUT2D eigenvalue weighted by molar-refractivity contribution is 0.733. The van der Waals surface area contributed by atoms with Gasteiger partial charge in [-0.15, -0.1) is 0 Å². The molecule has 8 aromatic rings. The Balaban J connectivity index is 1.49. The van der Waals surface area contributed by atoms with E-state index in [-0.39, 0.29) is 0 Å². The second kappa shape index (κ2) is 11.5. The first-order valence-corrected chi connectivity index (χ1v) is 16.3. The fraction of sp³-hybridized carbons (Fsp3) is 0.0222. The van der Waals surface area contributed by atoms with Gasteiger partial charge in [0.25, 0.3) is 0 Å². The van der Waals surface area contributed by atoms with Crippen molar-refractivity contribution in [3.05, 3.63) is 211 Å². The standard InChI is InChI=1S/C45H31N3/c1-3-13-35(14-4-1)45(36-15-5-2-6-16-36)40-20-9-10-21-42(40)48(44-39-17-8-7-12-32(39)22-23-41(44)45)43-37(33-24-28-46-29-25-33)18-11-19-38(43)34-26-30-47-31-27-34/h1-31H. The maximum absolute atomic E-state index is 4.37. The average Bonchev–Trinajstić information content (AvgIpc) is 3.18. The summed E-state index contributed by atoms with van der Waals surface area (Å²) in [6.45, 7) is 0. The smallest absolute Gasteiger partial charge is 0.0742 e. The van der Waals surface area contributed by atoms with Crippen molar-refractivity contribution in [1.82, 2.24) is 9.97 Å². The zero-order chi connectivity index (χ0) is 31.9. The molecular weight excluding hydrogens is 583 g/mol. The van der Waals surface area contributed by atoms with Crippen LogP contribution in [0.5, 0.6) is 0 Å². The summed E-state index contributed by atoms with van der Waals surface area (Å²) in [6.07, 6.45) is 7.51. The van der Waals surface area contributed by atoms with Crippen molar-refractivity contribution in [2.45, 2.75) is 5.41 Å². The molecule has 3 heteroatoms. The van der Waals surface area contributed by atoms with Crippen LogP contribution in [0.15, 0.2) is 189 Å². The molecule has 226 valence electrons. The highest BCUT2D eigenvalue weighted by molar-refractivity contribution is 6.08. The van der Waals surface area contributed by atoms with Gasteiger partial charge in [0.05, 0.1) is 22.5 Å². The largest absolute Gasteiger partial charge is 0.308 e. The number of para-hydroxylation sites is 2. The van der Waals surface area contributed by atoms with E-state index in [1.165, 1.54) is 38.7 Å². The summed E-state index contributed by atoms with van der Waals surface area (Å²) in [5, 5.41) is 2.40. The fourth-order valence-corrected chi connectivity index (χ4v) is 7.76. The van der Waals surface area contributed by atoms with Crippen molar-refractivity contribution in [3.8, 4) is 22.3 Å². The molecule has 0 radical (unpaired) electrons. The molecule has 2 aromatic heterocycles. The Morgan fingerprint density at radius 1 is 0.396 bits per heavy atom. The summed E-state index contributed by atoms with van der Waals surface area (Å²) in [7, 11) is 0. The summed E-state index contributed by atoms with van der Waals surface area (Å²) in [5.41, 5.74) is 12.3. The molecule has 9 rings (SSSR count). The quantitative estimate of drug-likeness (QED) is 0.193. The molecular formula is C45H31N3. The number of hydrogen-bond donors (Lipinski definition) is 0. The predicted octanol–water partition coefficient (Wildman–Crippen LogP) is 11.1. The average molecular weight is 614 g/mol. The Hall–Kier alpha value is -6.32. The van der Waals surface area contributed by atoms with Gasteiger partial charge in [-0.05, 0) is 69.1 Å². The molecule has 0 amide bonds. The van der Waals surface area contributed by atoms with Crippen LogP contribution in [0.25, 0.3) is 33.0 Å². The van der Waals surface area contributed by atoms with Gasteiger partial charge in [0.1, 0.15) is 0 Å². The number of rotatable bonds is 5. The first kappa shape index (κ1) is 27.9. The summed E-state index contributed by atoms with van der Waals surface area (Å²) in [5.74, 6) is 0. The molecule has 1 aliphatic heterocycles. The van der Waals surface area contributed by atoms with Gasteiger partial charge < -0.3 is 4.90 Å². The van der Waals surface area contributed by atoms with Crippen molar-refractivity contribution < 1.29 is 0 Å². The van der Waals surface area contributed by atoms with Crippen molar-refractivity contribution >= 4 is 27.8 Å². The summed E-state index contributed by atoms with van der Waals surface area (Å²) in [6, 6.07) is 59.5. The van der Waals surface area contributed by atoms with Gasteiger partial charge in [0, 0.05) is 41.3 Å². The van der Waals surface area contributed by atoms with Crippen molar-refractivity contribution in [2.75, 3.05) is 4.90 Å². The number of hydrogen-bond acceptors (Lipinski definition) is 3. The zero-order valence-electron chi connectivity index (χ0n) is 26.2. The Bertz CT molecular complexity index is 2290. The number of pyridine rings is 2. The van der Waals surface area contributed by atoms with Gasteiger partial charge in [-0.2, -0.15) is 0 Å². The van der Waals surface area contributed by atoms with Gasteiger partial charge in [-0.25, -0.2) is 0 Å². The Labute approximate surface area is 280 Å². The molecule has 48 heavy (non-hydrogen) atoms. The first-order chi connectivity index (χ1) is 23.9. The number of anilines is 3. The summed E-state index contributed by atoms with van der Waals surface area (Å²) in [4.78, 5) is 11.3. The highest BCUT2D eigenvalue weighted by Gasteiger charge is 2.47. The van der Waals surface area contributed by atoms with Gasteiger partial charge in [-0.3, -0.25) is 9.97 Å². The highest BCUT2D eigenvalue weighted by Crippen LogP contribution is 2.61. The molecule has 3 heterocycles. The van der Waals surface area contributed by atoms with Crippen LogP contribution in [0.1, 0.15) is 22.3 Å². The van der Waals surface area contributed by atoms with Crippen LogP contribution in [0.2, 0.25) is 0 Å². The van der Waals surface area contributed by atoms with E-state index >= 15 is 0 Å². The molecule has 0 saturated carbocycles. The van der Waals surface area contributed by atoms with Crippen molar-refractivity contribution in [3.63, 3.8) is 0 Å².